The van der Waals surface area contributed by atoms with Crippen molar-refractivity contribution in [2.24, 2.45) is 0 Å². The Hall–Kier alpha value is -3.38. The van der Waals surface area contributed by atoms with E-state index in [1.54, 1.807) is 30.3 Å². The Morgan fingerprint density at radius 1 is 0.903 bits per heavy atom. The van der Waals surface area contributed by atoms with E-state index in [-0.39, 0.29) is 12.0 Å². The molecule has 0 aliphatic carbocycles. The minimum absolute atomic E-state index is 0.0872. The molecule has 0 fully saturated rings. The fourth-order valence-corrected chi connectivity index (χ4v) is 3.81. The molecule has 3 atom stereocenters. The number of nitrogens with one attached hydrogen (secondary N) is 1. The third-order valence-corrected chi connectivity index (χ3v) is 5.64. The highest BCUT2D eigenvalue weighted by Gasteiger charge is 2.38. The SMILES string of the molecule is O=C(O)c1ccc(NC(=O)[C@H](Cc2ccccc2)O[P+](=O)[C@H](O)c2ccccc2)cc1. The van der Waals surface area contributed by atoms with E-state index in [9.17, 15) is 19.3 Å². The van der Waals surface area contributed by atoms with Gasteiger partial charge in [0.25, 0.3) is 5.91 Å². The molecule has 158 valence electrons. The molecule has 0 saturated carbocycles. The Morgan fingerprint density at radius 3 is 2.06 bits per heavy atom. The summed E-state index contributed by atoms with van der Waals surface area (Å²) in [5.41, 5.74) is 1.67. The summed E-state index contributed by atoms with van der Waals surface area (Å²) >= 11 is 0. The molecule has 3 rings (SSSR count). The van der Waals surface area contributed by atoms with Crippen molar-refractivity contribution in [1.82, 2.24) is 0 Å². The van der Waals surface area contributed by atoms with Crippen LogP contribution in [0, 0.1) is 0 Å². The number of carbonyl (C=O) groups excluding carboxylic acids is 1. The molecule has 0 radical (unpaired) electrons. The zero-order valence-corrected chi connectivity index (χ0v) is 17.3. The third-order valence-electron chi connectivity index (χ3n) is 4.48. The van der Waals surface area contributed by atoms with E-state index in [4.69, 9.17) is 9.63 Å². The van der Waals surface area contributed by atoms with Gasteiger partial charge in [0.15, 0.2) is 6.10 Å². The van der Waals surface area contributed by atoms with Crippen LogP contribution in [0.4, 0.5) is 5.69 Å². The van der Waals surface area contributed by atoms with Crippen LogP contribution in [0.2, 0.25) is 0 Å². The van der Waals surface area contributed by atoms with Gasteiger partial charge in [0.1, 0.15) is 0 Å². The number of amides is 1. The van der Waals surface area contributed by atoms with Crippen molar-refractivity contribution >= 4 is 25.6 Å². The molecule has 0 saturated heterocycles. The maximum Gasteiger partial charge on any atom is 0.546 e. The van der Waals surface area contributed by atoms with Crippen LogP contribution in [0.15, 0.2) is 84.9 Å². The number of anilines is 1. The Balaban J connectivity index is 1.75. The number of aliphatic hydroxyl groups is 1. The van der Waals surface area contributed by atoms with Crippen LogP contribution in [-0.2, 0) is 20.3 Å². The van der Waals surface area contributed by atoms with Crippen molar-refractivity contribution in [3.8, 4) is 0 Å². The summed E-state index contributed by atoms with van der Waals surface area (Å²) in [4.78, 5) is 23.9. The predicted molar refractivity (Wildman–Crippen MR) is 116 cm³/mol. The quantitative estimate of drug-likeness (QED) is 0.427. The highest BCUT2D eigenvalue weighted by Crippen LogP contribution is 2.41. The number of benzene rings is 3. The van der Waals surface area contributed by atoms with E-state index in [0.717, 1.165) is 5.56 Å². The van der Waals surface area contributed by atoms with Gasteiger partial charge in [0.05, 0.1) is 5.56 Å². The molecule has 7 nitrogen and oxygen atoms in total. The molecule has 31 heavy (non-hydrogen) atoms. The van der Waals surface area contributed by atoms with Crippen molar-refractivity contribution in [3.05, 3.63) is 102 Å². The van der Waals surface area contributed by atoms with Gasteiger partial charge in [0.2, 0.25) is 0 Å². The van der Waals surface area contributed by atoms with Gasteiger partial charge in [-0.15, -0.1) is 4.52 Å². The van der Waals surface area contributed by atoms with Crippen LogP contribution < -0.4 is 5.32 Å². The summed E-state index contributed by atoms with van der Waals surface area (Å²) in [6.45, 7) is 0. The number of rotatable bonds is 9. The number of hydrogen-bond donors (Lipinski definition) is 3. The lowest BCUT2D eigenvalue weighted by atomic mass is 10.1. The number of carboxylic acid groups (broad SMARTS) is 1. The third kappa shape index (κ3) is 6.30. The van der Waals surface area contributed by atoms with Crippen LogP contribution in [0.5, 0.6) is 0 Å². The molecule has 3 aromatic rings. The molecular formula is C23H21NO6P+. The fourth-order valence-electron chi connectivity index (χ4n) is 2.85. The van der Waals surface area contributed by atoms with E-state index in [1.807, 2.05) is 30.3 Å². The van der Waals surface area contributed by atoms with Gasteiger partial charge >= 0.3 is 19.8 Å². The highest BCUT2D eigenvalue weighted by molar-refractivity contribution is 7.39. The van der Waals surface area contributed by atoms with Crippen LogP contribution >= 0.6 is 8.03 Å². The summed E-state index contributed by atoms with van der Waals surface area (Å²) in [6.07, 6.45) is -0.994. The lowest BCUT2D eigenvalue weighted by Crippen LogP contribution is -2.31. The molecule has 1 unspecified atom stereocenters. The molecule has 0 aliphatic heterocycles. The lowest BCUT2D eigenvalue weighted by molar-refractivity contribution is -0.122. The number of aliphatic hydroxyl groups excluding tert-OH is 1. The first-order valence-corrected chi connectivity index (χ1v) is 10.7. The number of hydrogen-bond acceptors (Lipinski definition) is 5. The monoisotopic (exact) mass is 438 g/mol. The average molecular weight is 438 g/mol. The smallest absolute Gasteiger partial charge is 0.478 e. The molecule has 0 aromatic heterocycles. The Morgan fingerprint density at radius 2 is 1.48 bits per heavy atom. The van der Waals surface area contributed by atoms with Crippen LogP contribution in [0.25, 0.3) is 0 Å². The maximum atomic E-state index is 12.9. The zero-order chi connectivity index (χ0) is 22.2. The van der Waals surface area contributed by atoms with Crippen molar-refractivity contribution in [2.45, 2.75) is 18.4 Å². The fraction of sp³-hybridized carbons (Fsp3) is 0.130. The Kier molecular flexibility index (Phi) is 7.62. The summed E-state index contributed by atoms with van der Waals surface area (Å²) in [7, 11) is -2.61. The van der Waals surface area contributed by atoms with Crippen molar-refractivity contribution in [3.63, 3.8) is 0 Å². The van der Waals surface area contributed by atoms with Crippen molar-refractivity contribution < 1.29 is 28.9 Å². The molecule has 0 bridgehead atoms. The first-order chi connectivity index (χ1) is 14.9. The standard InChI is InChI=1S/C23H20NO6P/c25-21(24-19-13-11-17(12-14-19)22(26)27)20(15-16-7-3-1-4-8-16)30-31(29)23(28)18-9-5-2-6-10-18/h1-14,20,23,28H,15H2,(H-,24,25,26,27)/p+1/t20-,23-/m0/s1. The molecule has 8 heteroatoms. The summed E-state index contributed by atoms with van der Waals surface area (Å²) in [6, 6.07) is 23.2. The maximum absolute atomic E-state index is 12.9. The van der Waals surface area contributed by atoms with E-state index < -0.39 is 31.9 Å². The number of aromatic carboxylic acids is 1. The first kappa shape index (κ1) is 22.3. The van der Waals surface area contributed by atoms with Gasteiger partial charge in [0, 0.05) is 17.7 Å². The van der Waals surface area contributed by atoms with Crippen molar-refractivity contribution in [2.75, 3.05) is 5.32 Å². The molecule has 0 aliphatic rings. The van der Waals surface area contributed by atoms with E-state index in [2.05, 4.69) is 5.32 Å². The Labute approximate surface area is 180 Å². The van der Waals surface area contributed by atoms with Crippen molar-refractivity contribution in [1.29, 1.82) is 0 Å². The van der Waals surface area contributed by atoms with Crippen LogP contribution in [0.3, 0.4) is 0 Å². The minimum Gasteiger partial charge on any atom is -0.478 e. The van der Waals surface area contributed by atoms with Gasteiger partial charge in [-0.05, 0) is 34.4 Å². The largest absolute Gasteiger partial charge is 0.546 e. The topological polar surface area (TPSA) is 113 Å². The average Bonchev–Trinajstić information content (AvgIpc) is 2.79. The predicted octanol–water partition coefficient (Wildman–Crippen LogP) is 4.38. The first-order valence-electron chi connectivity index (χ1n) is 9.48. The van der Waals surface area contributed by atoms with Gasteiger partial charge in [-0.1, -0.05) is 60.7 Å². The molecule has 0 heterocycles. The van der Waals surface area contributed by atoms with Gasteiger partial charge in [-0.3, -0.25) is 4.79 Å². The molecule has 3 N–H and O–H groups in total. The van der Waals surface area contributed by atoms with Crippen LogP contribution in [0.1, 0.15) is 27.3 Å². The second kappa shape index (κ2) is 10.6. The second-order valence-electron chi connectivity index (χ2n) is 6.73. The normalized spacial score (nSPS) is 13.1. The number of carbonyl (C=O) groups is 2. The number of carboxylic acids is 1. The van der Waals surface area contributed by atoms with Gasteiger partial charge < -0.3 is 15.5 Å². The zero-order valence-electron chi connectivity index (χ0n) is 16.4. The highest BCUT2D eigenvalue weighted by atomic mass is 31.1. The van der Waals surface area contributed by atoms with Crippen LogP contribution in [-0.4, -0.2) is 28.2 Å². The summed E-state index contributed by atoms with van der Waals surface area (Å²) < 4.78 is 18.2. The molecular weight excluding hydrogens is 417 g/mol. The molecule has 3 aromatic carbocycles. The molecule has 1 amide bonds. The summed E-state index contributed by atoms with van der Waals surface area (Å²) in [5.74, 6) is -3.01. The van der Waals surface area contributed by atoms with E-state index in [0.29, 0.717) is 11.3 Å². The van der Waals surface area contributed by atoms with E-state index in [1.165, 1.54) is 24.3 Å². The molecule has 0 spiro atoms. The minimum atomic E-state index is -2.61. The lowest BCUT2D eigenvalue weighted by Gasteiger charge is -2.13. The Bertz CT molecular complexity index is 1040. The summed E-state index contributed by atoms with van der Waals surface area (Å²) in [5, 5.41) is 22.0. The van der Waals surface area contributed by atoms with E-state index >= 15 is 0 Å². The van der Waals surface area contributed by atoms with Gasteiger partial charge in [-0.25, -0.2) is 4.79 Å². The van der Waals surface area contributed by atoms with Gasteiger partial charge in [-0.2, -0.15) is 0 Å². The second-order valence-corrected chi connectivity index (χ2v) is 8.00.